The van der Waals surface area contributed by atoms with Crippen LogP contribution in [0.1, 0.15) is 63.8 Å². The molecule has 2 aliphatic rings. The number of amides is 1. The first-order valence-electron chi connectivity index (χ1n) is 10.5. The van der Waals surface area contributed by atoms with Crippen molar-refractivity contribution in [2.45, 2.75) is 58.0 Å². The largest absolute Gasteiger partial charge is 0.444 e. The maximum absolute atomic E-state index is 12.4. The Bertz CT molecular complexity index is 906. The molecule has 0 aliphatic carbocycles. The van der Waals surface area contributed by atoms with E-state index >= 15 is 0 Å². The molecule has 2 aliphatic heterocycles. The number of ether oxygens (including phenoxy) is 2. The summed E-state index contributed by atoms with van der Waals surface area (Å²) in [4.78, 5) is 27.0. The maximum atomic E-state index is 12.4. The van der Waals surface area contributed by atoms with E-state index in [0.717, 1.165) is 61.4 Å². The third-order valence-electron chi connectivity index (χ3n) is 5.45. The van der Waals surface area contributed by atoms with Gasteiger partial charge >= 0.3 is 6.09 Å². The fraction of sp³-hybridized carbons (Fsp3) is 0.591. The molecular weight excluding hydrogens is 368 g/mol. The predicted molar refractivity (Wildman–Crippen MR) is 112 cm³/mol. The number of nitrogens with one attached hydrogen (secondary N) is 1. The van der Waals surface area contributed by atoms with Gasteiger partial charge in [0, 0.05) is 44.0 Å². The SMILES string of the molecule is CC(C)(C)OC(=O)N1CC=C(c2ccnc3nc(C4CCOCC4)[nH]c23)CCC1. The molecule has 4 rings (SSSR count). The quantitative estimate of drug-likeness (QED) is 0.817. The predicted octanol–water partition coefficient (Wildman–Crippen LogP) is 4.27. The first kappa shape index (κ1) is 19.9. The summed E-state index contributed by atoms with van der Waals surface area (Å²) in [6.07, 6.45) is 7.49. The fourth-order valence-electron chi connectivity index (χ4n) is 3.97. The number of carbonyl (C=O) groups is 1. The van der Waals surface area contributed by atoms with Crippen LogP contribution in [0.5, 0.6) is 0 Å². The molecule has 1 saturated heterocycles. The zero-order valence-corrected chi connectivity index (χ0v) is 17.5. The number of hydrogen-bond donors (Lipinski definition) is 1. The van der Waals surface area contributed by atoms with Crippen LogP contribution >= 0.6 is 0 Å². The van der Waals surface area contributed by atoms with Crippen LogP contribution in [0.15, 0.2) is 18.3 Å². The lowest BCUT2D eigenvalue weighted by atomic mass is 10.00. The van der Waals surface area contributed by atoms with Gasteiger partial charge in [-0.2, -0.15) is 0 Å². The van der Waals surface area contributed by atoms with E-state index in [-0.39, 0.29) is 6.09 Å². The summed E-state index contributed by atoms with van der Waals surface area (Å²) < 4.78 is 11.0. The number of aromatic nitrogens is 3. The maximum Gasteiger partial charge on any atom is 0.410 e. The standard InChI is InChI=1S/C22H30N4O3/c1-22(2,3)29-21(27)26-11-4-5-15(7-12-26)17-6-10-23-20-18(17)24-19(25-20)16-8-13-28-14-9-16/h6-7,10,16H,4-5,8-9,11-14H2,1-3H3,(H,23,24,25). The van der Waals surface area contributed by atoms with E-state index in [9.17, 15) is 4.79 Å². The smallest absolute Gasteiger partial charge is 0.410 e. The third-order valence-corrected chi connectivity index (χ3v) is 5.45. The van der Waals surface area contributed by atoms with E-state index in [1.807, 2.05) is 33.0 Å². The van der Waals surface area contributed by atoms with Crippen molar-refractivity contribution in [3.8, 4) is 0 Å². The first-order chi connectivity index (χ1) is 13.9. The van der Waals surface area contributed by atoms with Gasteiger partial charge in [0.15, 0.2) is 5.65 Å². The third kappa shape index (κ3) is 4.61. The second kappa shape index (κ2) is 8.14. The van der Waals surface area contributed by atoms with Gasteiger partial charge in [0.2, 0.25) is 0 Å². The van der Waals surface area contributed by atoms with Crippen LogP contribution < -0.4 is 0 Å². The summed E-state index contributed by atoms with van der Waals surface area (Å²) in [5, 5.41) is 0. The molecule has 2 aromatic heterocycles. The molecule has 0 radical (unpaired) electrons. The highest BCUT2D eigenvalue weighted by molar-refractivity contribution is 5.87. The van der Waals surface area contributed by atoms with Gasteiger partial charge in [0.1, 0.15) is 11.4 Å². The average molecular weight is 399 g/mol. The van der Waals surface area contributed by atoms with Crippen molar-refractivity contribution < 1.29 is 14.3 Å². The minimum atomic E-state index is -0.482. The highest BCUT2D eigenvalue weighted by Crippen LogP contribution is 2.31. The molecule has 2 aromatic rings. The summed E-state index contributed by atoms with van der Waals surface area (Å²) in [7, 11) is 0. The zero-order valence-electron chi connectivity index (χ0n) is 17.5. The molecule has 1 amide bonds. The van der Waals surface area contributed by atoms with Crippen LogP contribution in [0, 0.1) is 0 Å². The lowest BCUT2D eigenvalue weighted by Crippen LogP contribution is -2.37. The van der Waals surface area contributed by atoms with Crippen LogP contribution in [-0.4, -0.2) is 57.8 Å². The number of imidazole rings is 1. The van der Waals surface area contributed by atoms with E-state index in [0.29, 0.717) is 19.0 Å². The Labute approximate surface area is 171 Å². The van der Waals surface area contributed by atoms with Gasteiger partial charge < -0.3 is 19.4 Å². The van der Waals surface area contributed by atoms with E-state index in [2.05, 4.69) is 16.0 Å². The van der Waals surface area contributed by atoms with Gasteiger partial charge in [-0.05, 0) is 58.1 Å². The van der Waals surface area contributed by atoms with Crippen molar-refractivity contribution in [1.29, 1.82) is 0 Å². The molecule has 1 N–H and O–H groups in total. The number of carbonyl (C=O) groups excluding carboxylic acids is 1. The number of rotatable bonds is 2. The molecule has 0 aromatic carbocycles. The van der Waals surface area contributed by atoms with E-state index in [4.69, 9.17) is 14.5 Å². The van der Waals surface area contributed by atoms with Crippen molar-refractivity contribution in [3.05, 3.63) is 29.7 Å². The van der Waals surface area contributed by atoms with Crippen molar-refractivity contribution in [2.75, 3.05) is 26.3 Å². The Balaban J connectivity index is 1.57. The second-order valence-corrected chi connectivity index (χ2v) is 8.83. The zero-order chi connectivity index (χ0) is 20.4. The Kier molecular flexibility index (Phi) is 5.58. The normalized spacial score (nSPS) is 19.1. The van der Waals surface area contributed by atoms with Crippen LogP contribution in [0.3, 0.4) is 0 Å². The van der Waals surface area contributed by atoms with Gasteiger partial charge in [-0.15, -0.1) is 0 Å². The van der Waals surface area contributed by atoms with Gasteiger partial charge in [0.25, 0.3) is 0 Å². The molecule has 156 valence electrons. The van der Waals surface area contributed by atoms with Crippen LogP contribution in [0.25, 0.3) is 16.7 Å². The van der Waals surface area contributed by atoms with Gasteiger partial charge in [0.05, 0.1) is 5.52 Å². The van der Waals surface area contributed by atoms with Gasteiger partial charge in [-0.3, -0.25) is 0 Å². The van der Waals surface area contributed by atoms with E-state index < -0.39 is 5.60 Å². The van der Waals surface area contributed by atoms with E-state index in [1.54, 1.807) is 4.90 Å². The topological polar surface area (TPSA) is 80.3 Å². The molecule has 0 atom stereocenters. The van der Waals surface area contributed by atoms with Crippen LogP contribution in [-0.2, 0) is 9.47 Å². The summed E-state index contributed by atoms with van der Waals surface area (Å²) in [6, 6.07) is 2.04. The first-order valence-corrected chi connectivity index (χ1v) is 10.5. The number of hydrogen-bond acceptors (Lipinski definition) is 5. The van der Waals surface area contributed by atoms with Crippen LogP contribution in [0.4, 0.5) is 4.79 Å². The average Bonchev–Trinajstić information content (AvgIpc) is 2.97. The number of H-pyrrole nitrogens is 1. The molecule has 1 fully saturated rings. The Morgan fingerprint density at radius 1 is 1.31 bits per heavy atom. The molecule has 0 unspecified atom stereocenters. The van der Waals surface area contributed by atoms with Gasteiger partial charge in [-0.25, -0.2) is 14.8 Å². The Hall–Kier alpha value is -2.41. The highest BCUT2D eigenvalue weighted by atomic mass is 16.6. The summed E-state index contributed by atoms with van der Waals surface area (Å²) in [5.74, 6) is 1.41. The molecule has 7 nitrogen and oxygen atoms in total. The second-order valence-electron chi connectivity index (χ2n) is 8.83. The summed E-state index contributed by atoms with van der Waals surface area (Å²) >= 11 is 0. The fourth-order valence-corrected chi connectivity index (χ4v) is 3.97. The molecular formula is C22H30N4O3. The Morgan fingerprint density at radius 2 is 2.10 bits per heavy atom. The number of nitrogens with zero attached hydrogens (tertiary/aromatic N) is 3. The lowest BCUT2D eigenvalue weighted by molar-refractivity contribution is 0.0273. The Morgan fingerprint density at radius 3 is 2.86 bits per heavy atom. The molecule has 4 heterocycles. The minimum Gasteiger partial charge on any atom is -0.444 e. The summed E-state index contributed by atoms with van der Waals surface area (Å²) in [5.41, 5.74) is 3.63. The number of fused-ring (bicyclic) bond motifs is 1. The highest BCUT2D eigenvalue weighted by Gasteiger charge is 2.24. The number of allylic oxidation sites excluding steroid dienone is 1. The molecule has 0 spiro atoms. The van der Waals surface area contributed by atoms with Crippen LogP contribution in [0.2, 0.25) is 0 Å². The van der Waals surface area contributed by atoms with Crippen molar-refractivity contribution >= 4 is 22.8 Å². The molecule has 0 bridgehead atoms. The number of pyridine rings is 1. The van der Waals surface area contributed by atoms with Gasteiger partial charge in [-0.1, -0.05) is 6.08 Å². The number of aromatic amines is 1. The molecule has 7 heteroatoms. The minimum absolute atomic E-state index is 0.252. The summed E-state index contributed by atoms with van der Waals surface area (Å²) in [6.45, 7) is 8.50. The molecule has 29 heavy (non-hydrogen) atoms. The molecule has 0 saturated carbocycles. The van der Waals surface area contributed by atoms with E-state index in [1.165, 1.54) is 5.57 Å². The van der Waals surface area contributed by atoms with Crippen molar-refractivity contribution in [3.63, 3.8) is 0 Å². The van der Waals surface area contributed by atoms with Crippen molar-refractivity contribution in [1.82, 2.24) is 19.9 Å². The lowest BCUT2D eigenvalue weighted by Gasteiger charge is -2.25. The monoisotopic (exact) mass is 398 g/mol. The van der Waals surface area contributed by atoms with Crippen molar-refractivity contribution in [2.24, 2.45) is 0 Å².